The number of hydrogen-bond acceptors (Lipinski definition) is 7. The van der Waals surface area contributed by atoms with Crippen LogP contribution in [0.5, 0.6) is 0 Å². The Kier molecular flexibility index (Phi) is 5.90. The first kappa shape index (κ1) is 20.5. The fraction of sp³-hybridized carbons (Fsp3) is 0.136. The van der Waals surface area contributed by atoms with Gasteiger partial charge in [0.15, 0.2) is 0 Å². The summed E-state index contributed by atoms with van der Waals surface area (Å²) in [6, 6.07) is 19.1. The first-order valence-corrected chi connectivity index (χ1v) is 10.0. The zero-order chi connectivity index (χ0) is 21.8. The highest BCUT2D eigenvalue weighted by Gasteiger charge is 2.12. The molecule has 0 amide bonds. The summed E-state index contributed by atoms with van der Waals surface area (Å²) in [5.74, 6) is 1.03. The number of nitrogens with one attached hydrogen (secondary N) is 2. The van der Waals surface area contributed by atoms with E-state index >= 15 is 0 Å². The van der Waals surface area contributed by atoms with Gasteiger partial charge in [-0.25, -0.2) is 10.1 Å². The zero-order valence-electron chi connectivity index (χ0n) is 17.3. The second-order valence-electron chi connectivity index (χ2n) is 6.93. The van der Waals surface area contributed by atoms with E-state index < -0.39 is 0 Å². The van der Waals surface area contributed by atoms with Gasteiger partial charge < -0.3 is 5.32 Å². The minimum atomic E-state index is 0.296. The van der Waals surface area contributed by atoms with E-state index in [1.807, 2.05) is 69.3 Å². The summed E-state index contributed by atoms with van der Waals surface area (Å²) in [6.45, 7) is 5.78. The van der Waals surface area contributed by atoms with Crippen LogP contribution in [-0.4, -0.2) is 30.4 Å². The molecular weight excluding hydrogens is 412 g/mol. The quantitative estimate of drug-likeness (QED) is 0.332. The van der Waals surface area contributed by atoms with Crippen LogP contribution in [0.25, 0.3) is 5.95 Å². The Morgan fingerprint density at radius 1 is 0.935 bits per heavy atom. The summed E-state index contributed by atoms with van der Waals surface area (Å²) >= 11 is 5.98. The van der Waals surface area contributed by atoms with Gasteiger partial charge in [-0.2, -0.15) is 25.2 Å². The van der Waals surface area contributed by atoms with Crippen LogP contribution in [0, 0.1) is 13.8 Å². The van der Waals surface area contributed by atoms with E-state index in [4.69, 9.17) is 11.6 Å². The molecule has 4 rings (SSSR count). The van der Waals surface area contributed by atoms with Crippen molar-refractivity contribution in [3.8, 4) is 5.95 Å². The van der Waals surface area contributed by atoms with Crippen LogP contribution < -0.4 is 10.7 Å². The second kappa shape index (κ2) is 8.93. The number of benzene rings is 2. The van der Waals surface area contributed by atoms with Crippen molar-refractivity contribution in [2.45, 2.75) is 20.8 Å². The van der Waals surface area contributed by atoms with E-state index in [2.05, 4.69) is 35.9 Å². The van der Waals surface area contributed by atoms with Gasteiger partial charge in [-0.15, -0.1) is 0 Å². The predicted molar refractivity (Wildman–Crippen MR) is 123 cm³/mol. The molecule has 0 fully saturated rings. The Balaban J connectivity index is 1.68. The molecule has 2 heterocycles. The van der Waals surface area contributed by atoms with Crippen molar-refractivity contribution in [2.24, 2.45) is 5.10 Å². The Morgan fingerprint density at radius 2 is 1.65 bits per heavy atom. The lowest BCUT2D eigenvalue weighted by Gasteiger charge is -2.10. The lowest BCUT2D eigenvalue weighted by molar-refractivity contribution is 0.767. The standard InChI is InChI=1S/C22H21ClN8/c1-14-13-15(2)31(30-14)22-26-20(24-19-11-9-18(23)10-12-19)25-21(27-22)29-28-16(3)17-7-5-4-6-8-17/h4-13H,1-3H3,(H2,24,25,26,27,29). The molecule has 2 N–H and O–H groups in total. The van der Waals surface area contributed by atoms with Crippen molar-refractivity contribution in [2.75, 3.05) is 10.7 Å². The van der Waals surface area contributed by atoms with Crippen LogP contribution in [0.2, 0.25) is 5.02 Å². The highest BCUT2D eigenvalue weighted by molar-refractivity contribution is 6.30. The highest BCUT2D eigenvalue weighted by atomic mass is 35.5. The minimum Gasteiger partial charge on any atom is -0.324 e. The number of hydrogen-bond donors (Lipinski definition) is 2. The van der Waals surface area contributed by atoms with Crippen molar-refractivity contribution in [3.63, 3.8) is 0 Å². The van der Waals surface area contributed by atoms with Crippen LogP contribution in [0.15, 0.2) is 65.8 Å². The number of halogens is 1. The Bertz CT molecular complexity index is 1220. The molecule has 0 aliphatic carbocycles. The number of anilines is 3. The zero-order valence-corrected chi connectivity index (χ0v) is 18.1. The fourth-order valence-corrected chi connectivity index (χ4v) is 3.06. The molecule has 0 saturated carbocycles. The van der Waals surface area contributed by atoms with E-state index in [1.54, 1.807) is 16.8 Å². The molecule has 8 nitrogen and oxygen atoms in total. The molecule has 2 aromatic heterocycles. The fourth-order valence-electron chi connectivity index (χ4n) is 2.94. The minimum absolute atomic E-state index is 0.296. The average Bonchev–Trinajstić information content (AvgIpc) is 3.12. The summed E-state index contributed by atoms with van der Waals surface area (Å²) in [4.78, 5) is 13.5. The molecule has 0 aliphatic heterocycles. The van der Waals surface area contributed by atoms with E-state index in [0.717, 1.165) is 28.4 Å². The SMILES string of the molecule is CC(=NNc1nc(Nc2ccc(Cl)cc2)nc(-n2nc(C)cc2C)n1)c1ccccc1. The first-order valence-electron chi connectivity index (χ1n) is 9.66. The van der Waals surface area contributed by atoms with Crippen LogP contribution in [0.4, 0.5) is 17.6 Å². The molecule has 156 valence electrons. The summed E-state index contributed by atoms with van der Waals surface area (Å²) in [5.41, 5.74) is 7.33. The topological polar surface area (TPSA) is 92.9 Å². The molecule has 0 atom stereocenters. The van der Waals surface area contributed by atoms with Crippen LogP contribution in [0.3, 0.4) is 0 Å². The number of nitrogens with zero attached hydrogens (tertiary/aromatic N) is 6. The second-order valence-corrected chi connectivity index (χ2v) is 7.36. The molecule has 0 saturated heterocycles. The number of aromatic nitrogens is 5. The van der Waals surface area contributed by atoms with E-state index in [9.17, 15) is 0 Å². The van der Waals surface area contributed by atoms with Crippen molar-refractivity contribution in [1.29, 1.82) is 0 Å². The third-order valence-corrected chi connectivity index (χ3v) is 4.69. The third kappa shape index (κ3) is 5.04. The van der Waals surface area contributed by atoms with E-state index in [0.29, 0.717) is 22.9 Å². The van der Waals surface area contributed by atoms with Crippen molar-refractivity contribution in [1.82, 2.24) is 24.7 Å². The maximum Gasteiger partial charge on any atom is 0.257 e. The summed E-state index contributed by atoms with van der Waals surface area (Å²) in [7, 11) is 0. The Morgan fingerprint density at radius 3 is 2.32 bits per heavy atom. The van der Waals surface area contributed by atoms with Crippen molar-refractivity contribution in [3.05, 3.63) is 82.6 Å². The van der Waals surface area contributed by atoms with Crippen LogP contribution in [-0.2, 0) is 0 Å². The molecule has 0 radical (unpaired) electrons. The smallest absolute Gasteiger partial charge is 0.257 e. The normalized spacial score (nSPS) is 11.4. The van der Waals surface area contributed by atoms with Gasteiger partial charge in [-0.1, -0.05) is 41.9 Å². The number of rotatable bonds is 6. The Labute approximate surface area is 185 Å². The molecule has 31 heavy (non-hydrogen) atoms. The third-order valence-electron chi connectivity index (χ3n) is 4.44. The Hall–Kier alpha value is -3.78. The van der Waals surface area contributed by atoms with Crippen molar-refractivity contribution >= 4 is 34.9 Å². The number of hydrazone groups is 1. The average molecular weight is 433 g/mol. The summed E-state index contributed by atoms with van der Waals surface area (Å²) in [5, 5.41) is 12.7. The molecule has 0 spiro atoms. The van der Waals surface area contributed by atoms with Gasteiger partial charge in [-0.05, 0) is 56.7 Å². The van der Waals surface area contributed by atoms with Gasteiger partial charge in [0.25, 0.3) is 5.95 Å². The van der Waals surface area contributed by atoms with Gasteiger partial charge in [0.1, 0.15) is 0 Å². The van der Waals surface area contributed by atoms with Gasteiger partial charge in [-0.3, -0.25) is 0 Å². The largest absolute Gasteiger partial charge is 0.324 e. The summed E-state index contributed by atoms with van der Waals surface area (Å²) in [6.07, 6.45) is 0. The van der Waals surface area contributed by atoms with Gasteiger partial charge in [0.05, 0.1) is 11.4 Å². The van der Waals surface area contributed by atoms with Gasteiger partial charge in [0, 0.05) is 16.4 Å². The maximum atomic E-state index is 5.98. The first-order chi connectivity index (χ1) is 15.0. The van der Waals surface area contributed by atoms with Gasteiger partial charge in [0.2, 0.25) is 11.9 Å². The van der Waals surface area contributed by atoms with Crippen molar-refractivity contribution < 1.29 is 0 Å². The molecule has 0 unspecified atom stereocenters. The molecule has 4 aromatic rings. The summed E-state index contributed by atoms with van der Waals surface area (Å²) < 4.78 is 1.67. The maximum absolute atomic E-state index is 5.98. The lowest BCUT2D eigenvalue weighted by Crippen LogP contribution is -2.11. The molecule has 0 bridgehead atoms. The molecule has 9 heteroatoms. The predicted octanol–water partition coefficient (Wildman–Crippen LogP) is 4.91. The molecule has 0 aliphatic rings. The van der Waals surface area contributed by atoms with Crippen LogP contribution >= 0.6 is 11.6 Å². The molecular formula is C22H21ClN8. The lowest BCUT2D eigenvalue weighted by atomic mass is 10.1. The number of aryl methyl sites for hydroxylation is 2. The van der Waals surface area contributed by atoms with Gasteiger partial charge >= 0.3 is 0 Å². The van der Waals surface area contributed by atoms with Crippen LogP contribution in [0.1, 0.15) is 23.9 Å². The van der Waals surface area contributed by atoms with E-state index in [-0.39, 0.29) is 0 Å². The monoisotopic (exact) mass is 432 g/mol. The highest BCUT2D eigenvalue weighted by Crippen LogP contribution is 2.19. The van der Waals surface area contributed by atoms with E-state index in [1.165, 1.54) is 0 Å². The molecule has 2 aromatic carbocycles.